The molecule has 0 aromatic heterocycles. The van der Waals surface area contributed by atoms with Gasteiger partial charge < -0.3 is 0 Å². The Labute approximate surface area is 65.6 Å². The summed E-state index contributed by atoms with van der Waals surface area (Å²) < 4.78 is 9.44. The zero-order chi connectivity index (χ0) is 7.61. The molecular weight excluding hydrogens is 206 g/mol. The summed E-state index contributed by atoms with van der Waals surface area (Å²) in [6.45, 7) is 0.707. The molecule has 0 atom stereocenters. The highest BCUT2D eigenvalue weighted by Crippen LogP contribution is 2.25. The van der Waals surface area contributed by atoms with Crippen LogP contribution in [-0.4, -0.2) is 23.0 Å². The predicted octanol–water partition coefficient (Wildman–Crippen LogP) is 0.706. The molecule has 1 heterocycles. The van der Waals surface area contributed by atoms with E-state index in [4.69, 9.17) is 9.47 Å². The molecule has 1 fully saturated rings. The molecule has 0 amide bonds. The third kappa shape index (κ3) is 1.44. The molecule has 6 heteroatoms. The highest BCUT2D eigenvalue weighted by molar-refractivity contribution is 9.09. The standard InChI is InChI=1S/C4H6BrNO4/c5-4(6(7)8)9-2-1-3-10-4/h1-3H2. The summed E-state index contributed by atoms with van der Waals surface area (Å²) in [6, 6.07) is 0. The van der Waals surface area contributed by atoms with E-state index >= 15 is 0 Å². The second-order valence-electron chi connectivity index (χ2n) is 1.81. The molecule has 0 radical (unpaired) electrons. The van der Waals surface area contributed by atoms with Gasteiger partial charge in [-0.05, 0) is 6.42 Å². The maximum Gasteiger partial charge on any atom is 0.500 e. The summed E-state index contributed by atoms with van der Waals surface area (Å²) in [4.78, 5) is 7.75. The molecule has 0 spiro atoms. The first-order chi connectivity index (χ1) is 4.65. The van der Waals surface area contributed by atoms with Crippen molar-refractivity contribution in [3.63, 3.8) is 0 Å². The van der Waals surface area contributed by atoms with Crippen LogP contribution in [0, 0.1) is 10.1 Å². The zero-order valence-electron chi connectivity index (χ0n) is 5.08. The quantitative estimate of drug-likeness (QED) is 0.278. The van der Waals surface area contributed by atoms with Gasteiger partial charge in [-0.15, -0.1) is 0 Å². The van der Waals surface area contributed by atoms with Crippen LogP contribution in [0.4, 0.5) is 0 Å². The number of rotatable bonds is 1. The average Bonchev–Trinajstić information content (AvgIpc) is 1.89. The number of hydrogen-bond donors (Lipinski definition) is 0. The van der Waals surface area contributed by atoms with Gasteiger partial charge in [0, 0.05) is 0 Å². The number of alkyl halides is 1. The van der Waals surface area contributed by atoms with Gasteiger partial charge in [0.1, 0.15) is 0 Å². The Morgan fingerprint density at radius 1 is 1.50 bits per heavy atom. The minimum Gasteiger partial charge on any atom is -0.281 e. The van der Waals surface area contributed by atoms with E-state index < -0.39 is 9.74 Å². The highest BCUT2D eigenvalue weighted by Gasteiger charge is 2.45. The lowest BCUT2D eigenvalue weighted by atomic mass is 10.5. The Morgan fingerprint density at radius 2 is 2.00 bits per heavy atom. The molecule has 1 aliphatic rings. The van der Waals surface area contributed by atoms with E-state index in [2.05, 4.69) is 15.9 Å². The summed E-state index contributed by atoms with van der Waals surface area (Å²) in [7, 11) is 0. The van der Waals surface area contributed by atoms with Crippen molar-refractivity contribution in [2.45, 2.75) is 11.2 Å². The van der Waals surface area contributed by atoms with E-state index in [0.29, 0.717) is 19.6 Å². The Balaban J connectivity index is 2.56. The Kier molecular flexibility index (Phi) is 2.22. The van der Waals surface area contributed by atoms with Gasteiger partial charge >= 0.3 is 4.82 Å². The fraction of sp³-hybridized carbons (Fsp3) is 1.00. The molecule has 0 aromatic carbocycles. The summed E-state index contributed by atoms with van der Waals surface area (Å²) in [5.41, 5.74) is 0. The molecule has 0 N–H and O–H groups in total. The normalized spacial score (nSPS) is 24.1. The molecule has 0 aliphatic carbocycles. The van der Waals surface area contributed by atoms with Crippen LogP contribution in [0.2, 0.25) is 0 Å². The number of ether oxygens (including phenoxy) is 2. The first kappa shape index (κ1) is 7.90. The van der Waals surface area contributed by atoms with Gasteiger partial charge in [0.2, 0.25) is 0 Å². The van der Waals surface area contributed by atoms with Crippen molar-refractivity contribution in [3.05, 3.63) is 10.1 Å². The molecule has 10 heavy (non-hydrogen) atoms. The minimum absolute atomic E-state index is 0.353. The van der Waals surface area contributed by atoms with Crippen molar-refractivity contribution < 1.29 is 14.4 Å². The van der Waals surface area contributed by atoms with Gasteiger partial charge in [-0.25, -0.2) is 0 Å². The molecule has 5 nitrogen and oxygen atoms in total. The van der Waals surface area contributed by atoms with Gasteiger partial charge in [0.05, 0.1) is 34.1 Å². The van der Waals surface area contributed by atoms with E-state index in [9.17, 15) is 10.1 Å². The van der Waals surface area contributed by atoms with Crippen LogP contribution in [0.15, 0.2) is 0 Å². The van der Waals surface area contributed by atoms with Crippen LogP contribution in [0.3, 0.4) is 0 Å². The van der Waals surface area contributed by atoms with Crippen LogP contribution in [-0.2, 0) is 9.47 Å². The summed E-state index contributed by atoms with van der Waals surface area (Å²) >= 11 is 2.72. The molecule has 0 aromatic rings. The lowest BCUT2D eigenvalue weighted by Crippen LogP contribution is -2.41. The molecule has 1 aliphatic heterocycles. The zero-order valence-corrected chi connectivity index (χ0v) is 6.67. The van der Waals surface area contributed by atoms with E-state index in [1.54, 1.807) is 0 Å². The highest BCUT2D eigenvalue weighted by atomic mass is 79.9. The molecule has 58 valence electrons. The molecule has 0 bridgehead atoms. The predicted molar refractivity (Wildman–Crippen MR) is 35.2 cm³/mol. The number of nitro groups is 1. The van der Waals surface area contributed by atoms with Gasteiger partial charge in [-0.2, -0.15) is 0 Å². The third-order valence-electron chi connectivity index (χ3n) is 1.07. The van der Waals surface area contributed by atoms with Crippen LogP contribution in [0.1, 0.15) is 6.42 Å². The monoisotopic (exact) mass is 211 g/mol. The fourth-order valence-corrected chi connectivity index (χ4v) is 0.926. The van der Waals surface area contributed by atoms with Crippen LogP contribution in [0.5, 0.6) is 0 Å². The first-order valence-corrected chi connectivity index (χ1v) is 3.56. The van der Waals surface area contributed by atoms with E-state index in [-0.39, 0.29) is 0 Å². The fourth-order valence-electron chi connectivity index (χ4n) is 0.602. The van der Waals surface area contributed by atoms with Crippen molar-refractivity contribution in [2.24, 2.45) is 0 Å². The Morgan fingerprint density at radius 3 is 2.30 bits per heavy atom. The van der Waals surface area contributed by atoms with Crippen LogP contribution in [0.25, 0.3) is 0 Å². The molecular formula is C4H6BrNO4. The van der Waals surface area contributed by atoms with E-state index in [0.717, 1.165) is 0 Å². The van der Waals surface area contributed by atoms with Gasteiger partial charge in [0.15, 0.2) is 0 Å². The third-order valence-corrected chi connectivity index (χ3v) is 1.81. The Bertz CT molecular complexity index is 144. The second-order valence-corrected chi connectivity index (χ2v) is 2.81. The largest absolute Gasteiger partial charge is 0.500 e. The molecule has 1 rings (SSSR count). The van der Waals surface area contributed by atoms with Crippen LogP contribution < -0.4 is 0 Å². The topological polar surface area (TPSA) is 61.6 Å². The van der Waals surface area contributed by atoms with Crippen LogP contribution >= 0.6 is 15.9 Å². The molecule has 0 saturated carbocycles. The summed E-state index contributed by atoms with van der Waals surface area (Å²) in [5.74, 6) is 0. The van der Waals surface area contributed by atoms with E-state index in [1.807, 2.05) is 0 Å². The summed E-state index contributed by atoms with van der Waals surface area (Å²) in [5, 5.41) is 10.2. The number of hydrogen-bond acceptors (Lipinski definition) is 4. The average molecular weight is 212 g/mol. The van der Waals surface area contributed by atoms with Gasteiger partial charge in [-0.1, -0.05) is 0 Å². The smallest absolute Gasteiger partial charge is 0.281 e. The Hall–Kier alpha value is -0.200. The minimum atomic E-state index is -1.79. The summed E-state index contributed by atoms with van der Waals surface area (Å²) in [6.07, 6.45) is 0.696. The van der Waals surface area contributed by atoms with Crippen molar-refractivity contribution in [2.75, 3.05) is 13.2 Å². The first-order valence-electron chi connectivity index (χ1n) is 2.76. The molecule has 0 unspecified atom stereocenters. The van der Waals surface area contributed by atoms with Gasteiger partial charge in [-0.3, -0.25) is 19.6 Å². The number of nitrogens with zero attached hydrogens (tertiary/aromatic N) is 1. The van der Waals surface area contributed by atoms with Crippen molar-refractivity contribution in [3.8, 4) is 0 Å². The van der Waals surface area contributed by atoms with E-state index in [1.165, 1.54) is 0 Å². The van der Waals surface area contributed by atoms with Gasteiger partial charge in [0.25, 0.3) is 0 Å². The number of halogens is 1. The lowest BCUT2D eigenvalue weighted by molar-refractivity contribution is -0.656. The lowest BCUT2D eigenvalue weighted by Gasteiger charge is -2.22. The van der Waals surface area contributed by atoms with Crippen molar-refractivity contribution >= 4 is 15.9 Å². The second kappa shape index (κ2) is 2.81. The maximum absolute atomic E-state index is 10.2. The van der Waals surface area contributed by atoms with Crippen molar-refractivity contribution in [1.29, 1.82) is 0 Å². The van der Waals surface area contributed by atoms with Crippen molar-refractivity contribution in [1.82, 2.24) is 0 Å². The SMILES string of the molecule is O=[N+]([O-])C1(Br)OCCCO1. The molecule has 1 saturated heterocycles. The maximum atomic E-state index is 10.2.